The van der Waals surface area contributed by atoms with E-state index in [4.69, 9.17) is 9.84 Å². The maximum absolute atomic E-state index is 12.7. The lowest BCUT2D eigenvalue weighted by molar-refractivity contribution is -0.117. The van der Waals surface area contributed by atoms with Crippen molar-refractivity contribution in [3.05, 3.63) is 71.9 Å². The van der Waals surface area contributed by atoms with Gasteiger partial charge >= 0.3 is 0 Å². The Morgan fingerprint density at radius 3 is 2.52 bits per heavy atom. The Balaban J connectivity index is 1.73. The van der Waals surface area contributed by atoms with Crippen LogP contribution in [-0.4, -0.2) is 28.8 Å². The summed E-state index contributed by atoms with van der Waals surface area (Å²) in [5.74, 6) is 0.416. The van der Waals surface area contributed by atoms with Gasteiger partial charge in [0.05, 0.1) is 18.5 Å². The summed E-state index contributed by atoms with van der Waals surface area (Å²) in [6.45, 7) is 0. The number of ether oxygens (including phenoxy) is 1. The Bertz CT molecular complexity index is 1120. The second-order valence-corrected chi connectivity index (χ2v) is 7.57. The number of carbonyl (C=O) groups is 1. The number of nitriles is 1. The van der Waals surface area contributed by atoms with E-state index in [0.29, 0.717) is 11.3 Å². The minimum atomic E-state index is -0.331. The predicted octanol–water partition coefficient (Wildman–Crippen LogP) is 4.51. The quantitative estimate of drug-likeness (QED) is 0.477. The van der Waals surface area contributed by atoms with E-state index < -0.39 is 0 Å². The second-order valence-electron chi connectivity index (χ2n) is 7.57. The van der Waals surface area contributed by atoms with E-state index >= 15 is 0 Å². The number of aromatic nitrogens is 2. The first-order valence-electron chi connectivity index (χ1n) is 10.4. The molecule has 0 spiro atoms. The molecule has 4 rings (SSSR count). The third kappa shape index (κ3) is 4.67. The van der Waals surface area contributed by atoms with Crippen LogP contribution in [0.25, 0.3) is 23.0 Å². The van der Waals surface area contributed by atoms with E-state index in [1.807, 2.05) is 60.8 Å². The first-order chi connectivity index (χ1) is 15.2. The van der Waals surface area contributed by atoms with Gasteiger partial charge in [-0.1, -0.05) is 31.0 Å². The highest BCUT2D eigenvalue weighted by atomic mass is 16.5. The van der Waals surface area contributed by atoms with Crippen molar-refractivity contribution < 1.29 is 9.53 Å². The molecule has 1 aliphatic rings. The topological polar surface area (TPSA) is 79.9 Å². The third-order valence-corrected chi connectivity index (χ3v) is 5.48. The van der Waals surface area contributed by atoms with Gasteiger partial charge in [-0.05, 0) is 55.3 Å². The molecular weight excluding hydrogens is 388 g/mol. The van der Waals surface area contributed by atoms with E-state index in [-0.39, 0.29) is 17.5 Å². The number of para-hydroxylation sites is 1. The molecule has 0 saturated heterocycles. The molecule has 31 heavy (non-hydrogen) atoms. The van der Waals surface area contributed by atoms with Crippen LogP contribution in [0.15, 0.2) is 66.4 Å². The summed E-state index contributed by atoms with van der Waals surface area (Å²) >= 11 is 0. The van der Waals surface area contributed by atoms with Crippen LogP contribution in [-0.2, 0) is 4.79 Å². The number of amides is 1. The fourth-order valence-corrected chi connectivity index (χ4v) is 3.82. The van der Waals surface area contributed by atoms with Gasteiger partial charge in [0.25, 0.3) is 5.91 Å². The molecule has 3 aromatic rings. The molecule has 0 bridgehead atoms. The van der Waals surface area contributed by atoms with Crippen molar-refractivity contribution >= 4 is 12.0 Å². The molecule has 1 aliphatic carbocycles. The summed E-state index contributed by atoms with van der Waals surface area (Å²) in [7, 11) is 1.62. The van der Waals surface area contributed by atoms with Crippen LogP contribution in [0, 0.1) is 11.3 Å². The molecule has 1 heterocycles. The lowest BCUT2D eigenvalue weighted by Crippen LogP contribution is -2.33. The average molecular weight is 412 g/mol. The van der Waals surface area contributed by atoms with Crippen molar-refractivity contribution in [1.82, 2.24) is 15.1 Å². The lowest BCUT2D eigenvalue weighted by Gasteiger charge is -2.10. The molecule has 6 heteroatoms. The van der Waals surface area contributed by atoms with Crippen molar-refractivity contribution in [3.63, 3.8) is 0 Å². The number of methoxy groups -OCH3 is 1. The molecule has 1 saturated carbocycles. The average Bonchev–Trinajstić information content (AvgIpc) is 3.48. The zero-order valence-electron chi connectivity index (χ0n) is 17.4. The summed E-state index contributed by atoms with van der Waals surface area (Å²) in [4.78, 5) is 12.7. The van der Waals surface area contributed by atoms with Crippen LogP contribution in [0.4, 0.5) is 0 Å². The normalized spacial score (nSPS) is 14.3. The van der Waals surface area contributed by atoms with Crippen LogP contribution < -0.4 is 10.1 Å². The highest BCUT2D eigenvalue weighted by Crippen LogP contribution is 2.27. The molecule has 1 aromatic heterocycles. The maximum Gasteiger partial charge on any atom is 0.262 e. The van der Waals surface area contributed by atoms with Crippen molar-refractivity contribution in [2.75, 3.05) is 7.11 Å². The minimum Gasteiger partial charge on any atom is -0.497 e. The molecule has 156 valence electrons. The van der Waals surface area contributed by atoms with E-state index in [0.717, 1.165) is 42.7 Å². The van der Waals surface area contributed by atoms with E-state index in [1.54, 1.807) is 17.9 Å². The van der Waals surface area contributed by atoms with Gasteiger partial charge in [-0.25, -0.2) is 4.68 Å². The standard InChI is InChI=1S/C25H24N4O2/c1-31-23-13-11-18(12-14-23)24-20(17-29(28-24)22-9-3-2-4-10-22)15-19(16-26)25(30)27-21-7-5-6-8-21/h2-4,9-15,17,21H,5-8H2,1H3,(H,27,30)/b19-15+. The smallest absolute Gasteiger partial charge is 0.262 e. The molecule has 1 N–H and O–H groups in total. The second kappa shape index (κ2) is 9.31. The zero-order valence-corrected chi connectivity index (χ0v) is 17.4. The largest absolute Gasteiger partial charge is 0.497 e. The van der Waals surface area contributed by atoms with Gasteiger partial charge in [0, 0.05) is 23.4 Å². The van der Waals surface area contributed by atoms with Crippen molar-refractivity contribution in [3.8, 4) is 28.8 Å². The lowest BCUT2D eigenvalue weighted by atomic mass is 10.1. The predicted molar refractivity (Wildman–Crippen MR) is 120 cm³/mol. The SMILES string of the molecule is COc1ccc(-c2nn(-c3ccccc3)cc2/C=C(\C#N)C(=O)NC2CCCC2)cc1. The van der Waals surface area contributed by atoms with Crippen molar-refractivity contribution in [2.24, 2.45) is 0 Å². The Labute approximate surface area is 181 Å². The Hall–Kier alpha value is -3.85. The van der Waals surface area contributed by atoms with Gasteiger partial charge in [-0.15, -0.1) is 0 Å². The third-order valence-electron chi connectivity index (χ3n) is 5.48. The molecule has 0 aliphatic heterocycles. The van der Waals surface area contributed by atoms with Crippen molar-refractivity contribution in [1.29, 1.82) is 5.26 Å². The van der Waals surface area contributed by atoms with Gasteiger partial charge in [0.2, 0.25) is 0 Å². The fourth-order valence-electron chi connectivity index (χ4n) is 3.82. The monoisotopic (exact) mass is 412 g/mol. The molecule has 2 aromatic carbocycles. The zero-order chi connectivity index (χ0) is 21.6. The van der Waals surface area contributed by atoms with Gasteiger partial charge in [-0.3, -0.25) is 4.79 Å². The van der Waals surface area contributed by atoms with E-state index in [9.17, 15) is 10.1 Å². The molecule has 6 nitrogen and oxygen atoms in total. The van der Waals surface area contributed by atoms with Crippen LogP contribution in [0.5, 0.6) is 5.75 Å². The molecule has 0 unspecified atom stereocenters. The first kappa shape index (κ1) is 20.4. The molecule has 1 fully saturated rings. The summed E-state index contributed by atoms with van der Waals surface area (Å²) in [6, 6.07) is 19.5. The fraction of sp³-hybridized carbons (Fsp3) is 0.240. The van der Waals surface area contributed by atoms with Gasteiger partial charge < -0.3 is 10.1 Å². The summed E-state index contributed by atoms with van der Waals surface area (Å²) in [5, 5.41) is 17.4. The maximum atomic E-state index is 12.7. The number of benzene rings is 2. The number of nitrogens with one attached hydrogen (secondary N) is 1. The summed E-state index contributed by atoms with van der Waals surface area (Å²) < 4.78 is 7.01. The van der Waals surface area contributed by atoms with Crippen LogP contribution >= 0.6 is 0 Å². The summed E-state index contributed by atoms with van der Waals surface area (Å²) in [6.07, 6.45) is 7.62. The van der Waals surface area contributed by atoms with Crippen LogP contribution in [0.3, 0.4) is 0 Å². The molecular formula is C25H24N4O2. The highest BCUT2D eigenvalue weighted by Gasteiger charge is 2.20. The minimum absolute atomic E-state index is 0.0780. The molecule has 0 atom stereocenters. The van der Waals surface area contributed by atoms with Gasteiger partial charge in [0.15, 0.2) is 0 Å². The Kier molecular flexibility index (Phi) is 6.13. The highest BCUT2D eigenvalue weighted by molar-refractivity contribution is 6.02. The van der Waals surface area contributed by atoms with Crippen molar-refractivity contribution in [2.45, 2.75) is 31.7 Å². The van der Waals surface area contributed by atoms with Gasteiger partial charge in [-0.2, -0.15) is 10.4 Å². The number of carbonyl (C=O) groups excluding carboxylic acids is 1. The number of nitrogens with zero attached hydrogens (tertiary/aromatic N) is 3. The Morgan fingerprint density at radius 2 is 1.87 bits per heavy atom. The number of hydrogen-bond donors (Lipinski definition) is 1. The van der Waals surface area contributed by atoms with E-state index in [2.05, 4.69) is 11.4 Å². The first-order valence-corrected chi connectivity index (χ1v) is 10.4. The van der Waals surface area contributed by atoms with Crippen LogP contribution in [0.2, 0.25) is 0 Å². The number of hydrogen-bond acceptors (Lipinski definition) is 4. The molecule has 0 radical (unpaired) electrons. The van der Waals surface area contributed by atoms with E-state index in [1.165, 1.54) is 0 Å². The Morgan fingerprint density at radius 1 is 1.16 bits per heavy atom. The van der Waals surface area contributed by atoms with Gasteiger partial charge in [0.1, 0.15) is 17.4 Å². The number of rotatable bonds is 6. The summed E-state index contributed by atoms with van der Waals surface area (Å²) in [5.41, 5.74) is 3.23. The van der Waals surface area contributed by atoms with Crippen LogP contribution in [0.1, 0.15) is 31.2 Å². The molecule has 1 amide bonds.